The highest BCUT2D eigenvalue weighted by Crippen LogP contribution is 2.49. The van der Waals surface area contributed by atoms with E-state index in [0.717, 1.165) is 16.0 Å². The van der Waals surface area contributed by atoms with Crippen molar-refractivity contribution in [2.75, 3.05) is 12.4 Å². The van der Waals surface area contributed by atoms with Gasteiger partial charge >= 0.3 is 5.97 Å². The van der Waals surface area contributed by atoms with Gasteiger partial charge < -0.3 is 15.2 Å². The number of fused-ring (bicyclic) bond motifs is 1. The molecule has 2 aromatic heterocycles. The number of carbonyl (C=O) groups is 2. The highest BCUT2D eigenvalue weighted by Gasteiger charge is 2.34. The van der Waals surface area contributed by atoms with Crippen LogP contribution in [0.5, 0.6) is 5.75 Å². The summed E-state index contributed by atoms with van der Waals surface area (Å²) < 4.78 is 5.18. The SMILES string of the molecule is COc1ccc(-c2c(C(=O)O)sc3c2NC(=O)CC3c2cccnc2)cc1. The molecule has 2 N–H and O–H groups in total. The third-order valence-corrected chi connectivity index (χ3v) is 5.86. The molecule has 1 aliphatic rings. The van der Waals surface area contributed by atoms with Crippen LogP contribution in [0, 0.1) is 0 Å². The van der Waals surface area contributed by atoms with Crippen molar-refractivity contribution in [3.8, 4) is 16.9 Å². The monoisotopic (exact) mass is 380 g/mol. The number of hydrogen-bond acceptors (Lipinski definition) is 5. The lowest BCUT2D eigenvalue weighted by molar-refractivity contribution is -0.116. The van der Waals surface area contributed by atoms with Crippen LogP contribution in [0.2, 0.25) is 0 Å². The third-order valence-electron chi connectivity index (χ3n) is 4.57. The number of hydrogen-bond donors (Lipinski definition) is 2. The molecule has 0 bridgehead atoms. The quantitative estimate of drug-likeness (QED) is 0.714. The van der Waals surface area contributed by atoms with E-state index in [1.54, 1.807) is 43.8 Å². The Balaban J connectivity index is 1.91. The zero-order valence-corrected chi connectivity index (χ0v) is 15.2. The number of pyridine rings is 1. The van der Waals surface area contributed by atoms with Gasteiger partial charge in [0, 0.05) is 35.2 Å². The summed E-state index contributed by atoms with van der Waals surface area (Å²) in [6, 6.07) is 10.9. The van der Waals surface area contributed by atoms with Crippen molar-refractivity contribution in [1.29, 1.82) is 0 Å². The number of nitrogens with one attached hydrogen (secondary N) is 1. The van der Waals surface area contributed by atoms with Crippen molar-refractivity contribution in [3.63, 3.8) is 0 Å². The van der Waals surface area contributed by atoms with Crippen molar-refractivity contribution < 1.29 is 19.4 Å². The number of rotatable bonds is 4. The topological polar surface area (TPSA) is 88.5 Å². The standard InChI is InChI=1S/C20H16N2O4S/c1-26-13-6-4-11(5-7-13)16-17-18(27-19(16)20(24)25)14(9-15(23)22-17)12-3-2-8-21-10-12/h2-8,10,14H,9H2,1H3,(H,22,23)(H,24,25). The fourth-order valence-corrected chi connectivity index (χ4v) is 4.57. The summed E-state index contributed by atoms with van der Waals surface area (Å²) in [5.74, 6) is -0.685. The normalized spacial score (nSPS) is 15.7. The summed E-state index contributed by atoms with van der Waals surface area (Å²) in [5, 5.41) is 12.6. The Morgan fingerprint density at radius 1 is 1.30 bits per heavy atom. The predicted molar refractivity (Wildman–Crippen MR) is 103 cm³/mol. The zero-order chi connectivity index (χ0) is 19.0. The summed E-state index contributed by atoms with van der Waals surface area (Å²) in [6.07, 6.45) is 3.66. The molecule has 0 fully saturated rings. The summed E-state index contributed by atoms with van der Waals surface area (Å²) in [5.41, 5.74) is 2.73. The van der Waals surface area contributed by atoms with Crippen LogP contribution in [0.1, 0.15) is 32.5 Å². The number of anilines is 1. The Kier molecular flexibility index (Phi) is 4.37. The van der Waals surface area contributed by atoms with Crippen LogP contribution in [0.15, 0.2) is 48.8 Å². The van der Waals surface area contributed by atoms with Gasteiger partial charge in [0.05, 0.1) is 12.8 Å². The maximum absolute atomic E-state index is 12.4. The molecule has 136 valence electrons. The first-order valence-corrected chi connectivity index (χ1v) is 9.14. The number of methoxy groups -OCH3 is 1. The molecule has 7 heteroatoms. The molecule has 4 rings (SSSR count). The lowest BCUT2D eigenvalue weighted by Crippen LogP contribution is -2.22. The van der Waals surface area contributed by atoms with Crippen LogP contribution in [-0.4, -0.2) is 29.1 Å². The second kappa shape index (κ2) is 6.85. The number of carboxylic acids is 1. The van der Waals surface area contributed by atoms with Gasteiger partial charge in [0.15, 0.2) is 0 Å². The van der Waals surface area contributed by atoms with Crippen LogP contribution in [0.4, 0.5) is 5.69 Å². The average molecular weight is 380 g/mol. The molecule has 1 aromatic carbocycles. The minimum absolute atomic E-state index is 0.138. The van der Waals surface area contributed by atoms with Gasteiger partial charge in [-0.25, -0.2) is 4.79 Å². The van der Waals surface area contributed by atoms with E-state index in [2.05, 4.69) is 10.3 Å². The smallest absolute Gasteiger partial charge is 0.346 e. The van der Waals surface area contributed by atoms with Crippen LogP contribution >= 0.6 is 11.3 Å². The zero-order valence-electron chi connectivity index (χ0n) is 14.4. The third kappa shape index (κ3) is 3.06. The minimum Gasteiger partial charge on any atom is -0.497 e. The fourth-order valence-electron chi connectivity index (χ4n) is 3.32. The van der Waals surface area contributed by atoms with Crippen LogP contribution in [-0.2, 0) is 4.79 Å². The second-order valence-corrected chi connectivity index (χ2v) is 7.22. The molecule has 0 spiro atoms. The van der Waals surface area contributed by atoms with E-state index in [9.17, 15) is 14.7 Å². The Morgan fingerprint density at radius 3 is 2.70 bits per heavy atom. The van der Waals surface area contributed by atoms with Gasteiger partial charge in [0.2, 0.25) is 5.91 Å². The van der Waals surface area contributed by atoms with E-state index in [1.165, 1.54) is 11.3 Å². The molecule has 1 aliphatic heterocycles. The first kappa shape index (κ1) is 17.2. The summed E-state index contributed by atoms with van der Waals surface area (Å²) in [7, 11) is 1.57. The van der Waals surface area contributed by atoms with Crippen molar-refractivity contribution in [1.82, 2.24) is 4.98 Å². The van der Waals surface area contributed by atoms with Crippen molar-refractivity contribution in [2.24, 2.45) is 0 Å². The van der Waals surface area contributed by atoms with E-state index < -0.39 is 5.97 Å². The fraction of sp³-hybridized carbons (Fsp3) is 0.150. The number of carbonyl (C=O) groups excluding carboxylic acids is 1. The van der Waals surface area contributed by atoms with Crippen LogP contribution in [0.3, 0.4) is 0 Å². The highest BCUT2D eigenvalue weighted by molar-refractivity contribution is 7.15. The Bertz CT molecular complexity index is 1010. The van der Waals surface area contributed by atoms with Gasteiger partial charge in [-0.1, -0.05) is 18.2 Å². The summed E-state index contributed by atoms with van der Waals surface area (Å²) >= 11 is 1.21. The molecule has 6 nitrogen and oxygen atoms in total. The molecule has 0 saturated heterocycles. The van der Waals surface area contributed by atoms with Gasteiger partial charge in [-0.3, -0.25) is 9.78 Å². The molecule has 0 saturated carbocycles. The number of amides is 1. The van der Waals surface area contributed by atoms with Crippen molar-refractivity contribution in [2.45, 2.75) is 12.3 Å². The lowest BCUT2D eigenvalue weighted by atomic mass is 9.89. The molecule has 3 aromatic rings. The number of benzene rings is 1. The first-order chi connectivity index (χ1) is 13.1. The molecule has 27 heavy (non-hydrogen) atoms. The van der Waals surface area contributed by atoms with E-state index in [4.69, 9.17) is 4.74 Å². The number of thiophene rings is 1. The number of carboxylic acid groups (broad SMARTS) is 1. The molecule has 1 unspecified atom stereocenters. The Hall–Kier alpha value is -3.19. The van der Waals surface area contributed by atoms with E-state index in [1.807, 2.05) is 12.1 Å². The van der Waals surface area contributed by atoms with Gasteiger partial charge in [0.1, 0.15) is 10.6 Å². The van der Waals surface area contributed by atoms with E-state index in [0.29, 0.717) is 17.0 Å². The number of aromatic nitrogens is 1. The number of ether oxygens (including phenoxy) is 1. The molecule has 1 amide bonds. The molecule has 3 heterocycles. The van der Waals surface area contributed by atoms with Gasteiger partial charge in [-0.05, 0) is 29.3 Å². The Labute approximate surface area is 159 Å². The second-order valence-electron chi connectivity index (χ2n) is 6.17. The molecule has 0 aliphatic carbocycles. The summed E-state index contributed by atoms with van der Waals surface area (Å²) in [6.45, 7) is 0. The van der Waals surface area contributed by atoms with Crippen LogP contribution < -0.4 is 10.1 Å². The lowest BCUT2D eigenvalue weighted by Gasteiger charge is -2.23. The Morgan fingerprint density at radius 2 is 2.07 bits per heavy atom. The van der Waals surface area contributed by atoms with Gasteiger partial charge in [0.25, 0.3) is 0 Å². The maximum atomic E-state index is 12.4. The van der Waals surface area contributed by atoms with E-state index in [-0.39, 0.29) is 23.1 Å². The summed E-state index contributed by atoms with van der Waals surface area (Å²) in [4.78, 5) is 29.5. The molecule has 0 radical (unpaired) electrons. The molecular formula is C20H16N2O4S. The molecular weight excluding hydrogens is 364 g/mol. The first-order valence-electron chi connectivity index (χ1n) is 8.32. The predicted octanol–water partition coefficient (Wildman–Crippen LogP) is 3.99. The van der Waals surface area contributed by atoms with Crippen LogP contribution in [0.25, 0.3) is 11.1 Å². The number of aromatic carboxylic acids is 1. The van der Waals surface area contributed by atoms with Crippen molar-refractivity contribution >= 4 is 28.9 Å². The highest BCUT2D eigenvalue weighted by atomic mass is 32.1. The number of nitrogens with zero attached hydrogens (tertiary/aromatic N) is 1. The minimum atomic E-state index is -1.01. The van der Waals surface area contributed by atoms with Gasteiger partial charge in [-0.15, -0.1) is 11.3 Å². The average Bonchev–Trinajstić information content (AvgIpc) is 3.07. The maximum Gasteiger partial charge on any atom is 0.346 e. The van der Waals surface area contributed by atoms with Gasteiger partial charge in [-0.2, -0.15) is 0 Å². The molecule has 1 atom stereocenters. The van der Waals surface area contributed by atoms with E-state index >= 15 is 0 Å². The van der Waals surface area contributed by atoms with Crippen molar-refractivity contribution in [3.05, 3.63) is 64.1 Å². The largest absolute Gasteiger partial charge is 0.497 e.